The summed E-state index contributed by atoms with van der Waals surface area (Å²) in [5.41, 5.74) is 2.84. The Balaban J connectivity index is 1.27. The van der Waals surface area contributed by atoms with Gasteiger partial charge in [-0.25, -0.2) is 14.6 Å². The van der Waals surface area contributed by atoms with Crippen LogP contribution in [-0.2, 0) is 13.6 Å². The van der Waals surface area contributed by atoms with E-state index in [2.05, 4.69) is 37.0 Å². The van der Waals surface area contributed by atoms with Crippen molar-refractivity contribution in [3.05, 3.63) is 52.7 Å². The van der Waals surface area contributed by atoms with Crippen molar-refractivity contribution < 1.29 is 4.74 Å². The summed E-state index contributed by atoms with van der Waals surface area (Å²) in [5.74, 6) is 1.37. The first kappa shape index (κ1) is 19.0. The van der Waals surface area contributed by atoms with Crippen molar-refractivity contribution in [3.63, 3.8) is 0 Å². The number of hydrogen-bond donors (Lipinski definition) is 0. The first-order valence-corrected chi connectivity index (χ1v) is 10.5. The Hall–Kier alpha value is -3.00. The second-order valence-electron chi connectivity index (χ2n) is 8.18. The van der Waals surface area contributed by atoms with Gasteiger partial charge in [-0.05, 0) is 43.0 Å². The molecule has 8 heteroatoms. The van der Waals surface area contributed by atoms with Gasteiger partial charge in [0, 0.05) is 57.2 Å². The molecule has 30 heavy (non-hydrogen) atoms. The number of anilines is 1. The van der Waals surface area contributed by atoms with E-state index in [0.29, 0.717) is 18.3 Å². The van der Waals surface area contributed by atoms with Gasteiger partial charge in [0.2, 0.25) is 5.88 Å². The number of hydrogen-bond acceptors (Lipinski definition) is 7. The minimum atomic E-state index is -0.0202. The summed E-state index contributed by atoms with van der Waals surface area (Å²) < 4.78 is 7.37. The lowest BCUT2D eigenvalue weighted by molar-refractivity contribution is 0.248. The first-order chi connectivity index (χ1) is 14.7. The quantitative estimate of drug-likeness (QED) is 0.618. The third-order valence-electron chi connectivity index (χ3n) is 5.95. The van der Waals surface area contributed by atoms with Gasteiger partial charge in [-0.1, -0.05) is 0 Å². The lowest BCUT2D eigenvalue weighted by atomic mass is 10.1. The normalized spacial score (nSPS) is 17.4. The molecular weight excluding hydrogens is 380 g/mol. The molecule has 1 saturated heterocycles. The average Bonchev–Trinajstić information content (AvgIpc) is 3.60. The molecule has 2 aliphatic rings. The Morgan fingerprint density at radius 2 is 1.93 bits per heavy atom. The van der Waals surface area contributed by atoms with Crippen LogP contribution in [0.25, 0.3) is 10.9 Å². The standard InChI is InChI=1S/C22H26N6O2/c1-26-22(29)17(6-7-25-26)13-27-8-10-28(11-9-27)18-4-5-20-19(12-18)21(24-15-23-20)30-14-16-2-3-16/h4-7,12,15-16H,2-3,8-11,13-14H2,1H3. The fourth-order valence-corrected chi connectivity index (χ4v) is 3.89. The monoisotopic (exact) mass is 406 g/mol. The molecule has 0 spiro atoms. The largest absolute Gasteiger partial charge is 0.477 e. The van der Waals surface area contributed by atoms with Crippen molar-refractivity contribution in [2.75, 3.05) is 37.7 Å². The van der Waals surface area contributed by atoms with Crippen LogP contribution in [0.1, 0.15) is 18.4 Å². The van der Waals surface area contributed by atoms with Crippen LogP contribution in [0.5, 0.6) is 5.88 Å². The van der Waals surface area contributed by atoms with Crippen LogP contribution in [0, 0.1) is 5.92 Å². The Morgan fingerprint density at radius 1 is 1.10 bits per heavy atom. The van der Waals surface area contributed by atoms with E-state index in [9.17, 15) is 4.79 Å². The molecule has 3 aromatic rings. The van der Waals surface area contributed by atoms with E-state index in [1.807, 2.05) is 12.1 Å². The Bertz CT molecular complexity index is 1100. The highest BCUT2D eigenvalue weighted by molar-refractivity contribution is 5.86. The van der Waals surface area contributed by atoms with Gasteiger partial charge in [-0.2, -0.15) is 5.10 Å². The Morgan fingerprint density at radius 3 is 2.73 bits per heavy atom. The molecule has 0 N–H and O–H groups in total. The van der Waals surface area contributed by atoms with Gasteiger partial charge < -0.3 is 9.64 Å². The highest BCUT2D eigenvalue weighted by Crippen LogP contribution is 2.32. The lowest BCUT2D eigenvalue weighted by Crippen LogP contribution is -2.46. The molecule has 0 amide bonds. The SMILES string of the molecule is Cn1nccc(CN2CCN(c3ccc4ncnc(OCC5CC5)c4c3)CC2)c1=O. The van der Waals surface area contributed by atoms with Crippen LogP contribution in [0.15, 0.2) is 41.6 Å². The highest BCUT2D eigenvalue weighted by Gasteiger charge is 2.23. The van der Waals surface area contributed by atoms with E-state index in [1.54, 1.807) is 19.6 Å². The number of fused-ring (bicyclic) bond motifs is 1. The summed E-state index contributed by atoms with van der Waals surface area (Å²) in [6, 6.07) is 8.13. The molecule has 0 bridgehead atoms. The van der Waals surface area contributed by atoms with E-state index in [1.165, 1.54) is 17.5 Å². The number of aryl methyl sites for hydroxylation is 1. The second-order valence-corrected chi connectivity index (χ2v) is 8.18. The van der Waals surface area contributed by atoms with Crippen molar-refractivity contribution in [3.8, 4) is 5.88 Å². The average molecular weight is 406 g/mol. The first-order valence-electron chi connectivity index (χ1n) is 10.5. The number of ether oxygens (including phenoxy) is 1. The van der Waals surface area contributed by atoms with Crippen LogP contribution in [-0.4, -0.2) is 57.4 Å². The topological polar surface area (TPSA) is 76.4 Å². The molecule has 5 rings (SSSR count). The molecule has 2 aromatic heterocycles. The van der Waals surface area contributed by atoms with Crippen molar-refractivity contribution >= 4 is 16.6 Å². The van der Waals surface area contributed by atoms with Crippen molar-refractivity contribution in [1.82, 2.24) is 24.6 Å². The number of nitrogens with zero attached hydrogens (tertiary/aromatic N) is 6. The summed E-state index contributed by atoms with van der Waals surface area (Å²) in [6.45, 7) is 5.02. The fraction of sp³-hybridized carbons (Fsp3) is 0.455. The van der Waals surface area contributed by atoms with Crippen LogP contribution < -0.4 is 15.2 Å². The van der Waals surface area contributed by atoms with Gasteiger partial charge in [0.15, 0.2) is 0 Å². The highest BCUT2D eigenvalue weighted by atomic mass is 16.5. The van der Waals surface area contributed by atoms with Crippen molar-refractivity contribution in [2.45, 2.75) is 19.4 Å². The molecule has 156 valence electrons. The molecule has 8 nitrogen and oxygen atoms in total. The molecule has 0 atom stereocenters. The zero-order valence-electron chi connectivity index (χ0n) is 17.2. The van der Waals surface area contributed by atoms with E-state index < -0.39 is 0 Å². The Kier molecular flexibility index (Phi) is 5.08. The lowest BCUT2D eigenvalue weighted by Gasteiger charge is -2.36. The zero-order valence-corrected chi connectivity index (χ0v) is 17.2. The maximum absolute atomic E-state index is 12.2. The van der Waals surface area contributed by atoms with E-state index in [4.69, 9.17) is 4.74 Å². The fourth-order valence-electron chi connectivity index (χ4n) is 3.89. The smallest absolute Gasteiger partial charge is 0.270 e. The summed E-state index contributed by atoms with van der Waals surface area (Å²) in [4.78, 5) is 25.7. The minimum Gasteiger partial charge on any atom is -0.477 e. The summed E-state index contributed by atoms with van der Waals surface area (Å²) in [6.07, 6.45) is 5.77. The van der Waals surface area contributed by atoms with Crippen LogP contribution >= 0.6 is 0 Å². The van der Waals surface area contributed by atoms with Crippen LogP contribution in [0.4, 0.5) is 5.69 Å². The molecule has 1 aliphatic carbocycles. The van der Waals surface area contributed by atoms with E-state index in [0.717, 1.165) is 54.9 Å². The third kappa shape index (κ3) is 4.00. The summed E-state index contributed by atoms with van der Waals surface area (Å²) in [7, 11) is 1.69. The number of rotatable bonds is 6. The molecule has 0 unspecified atom stereocenters. The molecule has 2 fully saturated rings. The maximum atomic E-state index is 12.2. The zero-order chi connectivity index (χ0) is 20.5. The van der Waals surface area contributed by atoms with E-state index >= 15 is 0 Å². The van der Waals surface area contributed by atoms with Gasteiger partial charge in [0.1, 0.15) is 6.33 Å². The predicted molar refractivity (Wildman–Crippen MR) is 115 cm³/mol. The molecule has 3 heterocycles. The molecule has 1 aromatic carbocycles. The van der Waals surface area contributed by atoms with Crippen molar-refractivity contribution in [1.29, 1.82) is 0 Å². The summed E-state index contributed by atoms with van der Waals surface area (Å²) in [5, 5.41) is 4.97. The van der Waals surface area contributed by atoms with Crippen LogP contribution in [0.3, 0.4) is 0 Å². The van der Waals surface area contributed by atoms with E-state index in [-0.39, 0.29) is 5.56 Å². The number of piperazine rings is 1. The second kappa shape index (κ2) is 8.02. The number of aromatic nitrogens is 4. The van der Waals surface area contributed by atoms with Gasteiger partial charge in [-0.3, -0.25) is 9.69 Å². The predicted octanol–water partition coefficient (Wildman–Crippen LogP) is 1.83. The molecule has 0 radical (unpaired) electrons. The van der Waals surface area contributed by atoms with Gasteiger partial charge in [0.25, 0.3) is 5.56 Å². The Labute approximate surface area is 175 Å². The molecule has 1 aliphatic heterocycles. The van der Waals surface area contributed by atoms with Crippen molar-refractivity contribution in [2.24, 2.45) is 13.0 Å². The number of benzene rings is 1. The van der Waals surface area contributed by atoms with Gasteiger partial charge in [-0.15, -0.1) is 0 Å². The van der Waals surface area contributed by atoms with Crippen LogP contribution in [0.2, 0.25) is 0 Å². The van der Waals surface area contributed by atoms with Gasteiger partial charge >= 0.3 is 0 Å². The minimum absolute atomic E-state index is 0.0202. The summed E-state index contributed by atoms with van der Waals surface area (Å²) >= 11 is 0. The van der Waals surface area contributed by atoms with Gasteiger partial charge in [0.05, 0.1) is 17.5 Å². The third-order valence-corrected chi connectivity index (χ3v) is 5.95. The molecular formula is C22H26N6O2. The molecule has 1 saturated carbocycles. The maximum Gasteiger partial charge on any atom is 0.270 e.